The Labute approximate surface area is 173 Å². The highest BCUT2D eigenvalue weighted by atomic mass is 32.1. The van der Waals surface area contributed by atoms with Crippen LogP contribution in [-0.4, -0.2) is 30.0 Å². The van der Waals surface area contributed by atoms with E-state index in [-0.39, 0.29) is 18.0 Å². The van der Waals surface area contributed by atoms with Gasteiger partial charge in [-0.3, -0.25) is 25.2 Å². The van der Waals surface area contributed by atoms with Crippen molar-refractivity contribution in [2.75, 3.05) is 7.11 Å². The third kappa shape index (κ3) is 7.97. The van der Waals surface area contributed by atoms with Crippen LogP contribution in [0.2, 0.25) is 0 Å². The number of methoxy groups -OCH3 is 1. The fraction of sp³-hybridized carbons (Fsp3) is 0.200. The molecule has 29 heavy (non-hydrogen) atoms. The third-order valence-corrected chi connectivity index (χ3v) is 3.90. The highest BCUT2D eigenvalue weighted by Crippen LogP contribution is 2.14. The lowest BCUT2D eigenvalue weighted by Crippen LogP contribution is -2.48. The number of hydrogen-bond donors (Lipinski definition) is 3. The molecule has 0 unspecified atom stereocenters. The number of thiocarbonyl (C=S) groups is 1. The molecule has 8 nitrogen and oxygen atoms in total. The molecule has 0 saturated heterocycles. The summed E-state index contributed by atoms with van der Waals surface area (Å²) in [7, 11) is 1.24. The molecule has 2 amide bonds. The molecule has 0 aliphatic carbocycles. The molecule has 0 aliphatic heterocycles. The molecule has 0 aliphatic rings. The first-order valence-electron chi connectivity index (χ1n) is 8.71. The van der Waals surface area contributed by atoms with Gasteiger partial charge in [-0.25, -0.2) is 0 Å². The molecule has 9 heteroatoms. The number of hydrogen-bond acceptors (Lipinski definition) is 6. The zero-order valence-electron chi connectivity index (χ0n) is 15.8. The van der Waals surface area contributed by atoms with Gasteiger partial charge in [-0.2, -0.15) is 0 Å². The Morgan fingerprint density at radius 3 is 2.28 bits per heavy atom. The summed E-state index contributed by atoms with van der Waals surface area (Å²) in [6, 6.07) is 16.3. The Bertz CT molecular complexity index is 856. The molecular formula is C20H21N3O5S. The van der Waals surface area contributed by atoms with Gasteiger partial charge in [-0.05, 0) is 42.0 Å². The number of rotatable bonds is 7. The average molecular weight is 415 g/mol. The second-order valence-corrected chi connectivity index (χ2v) is 6.24. The first kappa shape index (κ1) is 21.8. The molecule has 152 valence electrons. The zero-order valence-corrected chi connectivity index (χ0v) is 16.6. The molecule has 2 aromatic rings. The van der Waals surface area contributed by atoms with E-state index in [1.54, 1.807) is 24.3 Å². The maximum atomic E-state index is 12.1. The van der Waals surface area contributed by atoms with Crippen molar-refractivity contribution in [2.24, 2.45) is 0 Å². The summed E-state index contributed by atoms with van der Waals surface area (Å²) < 4.78 is 10.1. The van der Waals surface area contributed by atoms with Crippen LogP contribution >= 0.6 is 12.2 Å². The molecule has 0 saturated carbocycles. The Balaban J connectivity index is 1.73. The van der Waals surface area contributed by atoms with Gasteiger partial charge in [-0.1, -0.05) is 30.3 Å². The van der Waals surface area contributed by atoms with Crippen molar-refractivity contribution in [1.82, 2.24) is 16.2 Å². The van der Waals surface area contributed by atoms with Gasteiger partial charge in [0.05, 0.1) is 13.5 Å². The normalized spacial score (nSPS) is 9.83. The lowest BCUT2D eigenvalue weighted by Gasteiger charge is -2.11. The number of carbonyl (C=O) groups is 3. The van der Waals surface area contributed by atoms with E-state index in [4.69, 9.17) is 17.0 Å². The van der Waals surface area contributed by atoms with E-state index < -0.39 is 17.8 Å². The van der Waals surface area contributed by atoms with Crippen molar-refractivity contribution in [3.63, 3.8) is 0 Å². The summed E-state index contributed by atoms with van der Waals surface area (Å²) in [6.07, 6.45) is -0.136. The molecule has 2 rings (SSSR count). The van der Waals surface area contributed by atoms with Crippen molar-refractivity contribution in [3.8, 4) is 5.75 Å². The molecule has 3 N–H and O–H groups in total. The topological polar surface area (TPSA) is 106 Å². The monoisotopic (exact) mass is 415 g/mol. The molecule has 0 aromatic heterocycles. The molecule has 0 atom stereocenters. The lowest BCUT2D eigenvalue weighted by atomic mass is 10.2. The van der Waals surface area contributed by atoms with Crippen LogP contribution in [0.25, 0.3) is 0 Å². The van der Waals surface area contributed by atoms with Crippen LogP contribution in [0.3, 0.4) is 0 Å². The molecule has 2 aromatic carbocycles. The lowest BCUT2D eigenvalue weighted by molar-refractivity contribution is -0.142. The van der Waals surface area contributed by atoms with Crippen molar-refractivity contribution in [1.29, 1.82) is 0 Å². The standard InChI is InChI=1S/C20H21N3O5S/c1-27-18(25)12-11-17(24)21-20(29)23-22-19(26)15-7-9-16(10-8-15)28-13-14-5-3-2-4-6-14/h2-10H,11-13H2,1H3,(H,22,26)(H2,21,23,24,29). The van der Waals surface area contributed by atoms with E-state index in [0.29, 0.717) is 17.9 Å². The highest BCUT2D eigenvalue weighted by Gasteiger charge is 2.10. The SMILES string of the molecule is COC(=O)CCC(=O)NC(=S)NNC(=O)c1ccc(OCc2ccccc2)cc1. The Kier molecular flexibility index (Phi) is 8.58. The van der Waals surface area contributed by atoms with E-state index in [1.807, 2.05) is 30.3 Å². The summed E-state index contributed by atoms with van der Waals surface area (Å²) in [5, 5.41) is 2.26. The number of benzene rings is 2. The Morgan fingerprint density at radius 1 is 0.931 bits per heavy atom. The van der Waals surface area contributed by atoms with Crippen LogP contribution in [0.15, 0.2) is 54.6 Å². The van der Waals surface area contributed by atoms with Crippen LogP contribution < -0.4 is 20.9 Å². The molecular weight excluding hydrogens is 394 g/mol. The number of carbonyl (C=O) groups excluding carboxylic acids is 3. The van der Waals surface area contributed by atoms with Gasteiger partial charge in [0.15, 0.2) is 5.11 Å². The van der Waals surface area contributed by atoms with Crippen molar-refractivity contribution in [3.05, 3.63) is 65.7 Å². The number of nitrogens with one attached hydrogen (secondary N) is 3. The van der Waals surface area contributed by atoms with Gasteiger partial charge in [-0.15, -0.1) is 0 Å². The van der Waals surface area contributed by atoms with E-state index >= 15 is 0 Å². The number of ether oxygens (including phenoxy) is 2. The average Bonchev–Trinajstić information content (AvgIpc) is 2.75. The van der Waals surface area contributed by atoms with Crippen molar-refractivity contribution < 1.29 is 23.9 Å². The Hall–Kier alpha value is -3.46. The summed E-state index contributed by atoms with van der Waals surface area (Å²) in [5.41, 5.74) is 6.23. The van der Waals surface area contributed by atoms with Gasteiger partial charge in [0.1, 0.15) is 12.4 Å². The van der Waals surface area contributed by atoms with Crippen LogP contribution in [0.5, 0.6) is 5.75 Å². The quantitative estimate of drug-likeness (QED) is 0.360. The molecule has 0 fully saturated rings. The second kappa shape index (κ2) is 11.4. The summed E-state index contributed by atoms with van der Waals surface area (Å²) in [4.78, 5) is 34.7. The predicted molar refractivity (Wildman–Crippen MR) is 110 cm³/mol. The first-order chi connectivity index (χ1) is 14.0. The summed E-state index contributed by atoms with van der Waals surface area (Å²) in [6.45, 7) is 0.428. The maximum Gasteiger partial charge on any atom is 0.306 e. The third-order valence-electron chi connectivity index (χ3n) is 3.69. The van der Waals surface area contributed by atoms with Gasteiger partial charge in [0.25, 0.3) is 5.91 Å². The van der Waals surface area contributed by atoms with E-state index in [9.17, 15) is 14.4 Å². The van der Waals surface area contributed by atoms with Gasteiger partial charge in [0, 0.05) is 12.0 Å². The number of esters is 1. The minimum absolute atomic E-state index is 0.0595. The molecule has 0 spiro atoms. The van der Waals surface area contributed by atoms with E-state index in [2.05, 4.69) is 20.9 Å². The van der Waals surface area contributed by atoms with Gasteiger partial charge >= 0.3 is 5.97 Å². The smallest absolute Gasteiger partial charge is 0.306 e. The van der Waals surface area contributed by atoms with E-state index in [0.717, 1.165) is 5.56 Å². The zero-order chi connectivity index (χ0) is 21.1. The minimum Gasteiger partial charge on any atom is -0.489 e. The fourth-order valence-electron chi connectivity index (χ4n) is 2.17. The van der Waals surface area contributed by atoms with Crippen LogP contribution in [0, 0.1) is 0 Å². The molecule has 0 radical (unpaired) electrons. The minimum atomic E-state index is -0.497. The largest absolute Gasteiger partial charge is 0.489 e. The first-order valence-corrected chi connectivity index (χ1v) is 9.12. The van der Waals surface area contributed by atoms with Gasteiger partial charge in [0.2, 0.25) is 5.91 Å². The Morgan fingerprint density at radius 2 is 1.62 bits per heavy atom. The highest BCUT2D eigenvalue weighted by molar-refractivity contribution is 7.80. The number of hydrazine groups is 1. The number of amides is 2. The predicted octanol–water partition coefficient (Wildman–Crippen LogP) is 1.85. The molecule has 0 bridgehead atoms. The van der Waals surface area contributed by atoms with Gasteiger partial charge < -0.3 is 14.8 Å². The van der Waals surface area contributed by atoms with E-state index in [1.165, 1.54) is 7.11 Å². The second-order valence-electron chi connectivity index (χ2n) is 5.83. The van der Waals surface area contributed by atoms with Crippen molar-refractivity contribution in [2.45, 2.75) is 19.4 Å². The van der Waals surface area contributed by atoms with Crippen LogP contribution in [-0.2, 0) is 20.9 Å². The fourth-order valence-corrected chi connectivity index (χ4v) is 2.33. The molecule has 0 heterocycles. The summed E-state index contributed by atoms with van der Waals surface area (Å²) >= 11 is 4.91. The summed E-state index contributed by atoms with van der Waals surface area (Å²) in [5.74, 6) is -0.775. The van der Waals surface area contributed by atoms with Crippen molar-refractivity contribution >= 4 is 35.1 Å². The maximum absolute atomic E-state index is 12.1. The van der Waals surface area contributed by atoms with Crippen LogP contribution in [0.4, 0.5) is 0 Å². The van der Waals surface area contributed by atoms with Crippen LogP contribution in [0.1, 0.15) is 28.8 Å².